The predicted octanol–water partition coefficient (Wildman–Crippen LogP) is 7.90. The lowest BCUT2D eigenvalue weighted by molar-refractivity contribution is -0.135. The number of alkyl carbamates (subject to hydrolysis) is 1. The maximum atomic E-state index is 13.7. The topological polar surface area (TPSA) is 128 Å². The van der Waals surface area contributed by atoms with Crippen LogP contribution < -0.4 is 10.6 Å². The highest BCUT2D eigenvalue weighted by Gasteiger charge is 2.37. The third-order valence-corrected chi connectivity index (χ3v) is 9.67. The Labute approximate surface area is 337 Å². The number of H-pyrrole nitrogens is 2. The Bertz CT molecular complexity index is 2010. The zero-order valence-corrected chi connectivity index (χ0v) is 34.0. The van der Waals surface area contributed by atoms with Crippen molar-refractivity contribution in [2.45, 2.75) is 83.8 Å². The molecule has 288 valence electrons. The zero-order chi connectivity index (χ0) is 36.1. The number of hydrogen-bond donors (Lipinski definition) is 4. The number of carbonyl (C=O) groups is 2. The van der Waals surface area contributed by atoms with Gasteiger partial charge in [0.05, 0.1) is 37.3 Å². The molecule has 3 atom stereocenters. The van der Waals surface area contributed by atoms with E-state index in [0.29, 0.717) is 6.54 Å². The molecule has 13 heteroatoms. The number of aromatic nitrogens is 4. The van der Waals surface area contributed by atoms with Crippen LogP contribution in [0.25, 0.3) is 22.4 Å². The second-order valence-electron chi connectivity index (χ2n) is 14.6. The van der Waals surface area contributed by atoms with Crippen molar-refractivity contribution in [2.24, 2.45) is 5.92 Å². The van der Waals surface area contributed by atoms with Gasteiger partial charge in [-0.1, -0.05) is 70.9 Å². The smallest absolute Gasteiger partial charge is 0.407 e. The molecule has 2 fully saturated rings. The summed E-state index contributed by atoms with van der Waals surface area (Å²) in [5.41, 5.74) is 6.73. The van der Waals surface area contributed by atoms with Gasteiger partial charge in [-0.3, -0.25) is 4.79 Å². The average molecular weight is 795 g/mol. The highest BCUT2D eigenvalue weighted by Crippen LogP contribution is 2.35. The highest BCUT2D eigenvalue weighted by atomic mass is 35.5. The summed E-state index contributed by atoms with van der Waals surface area (Å²) in [6, 6.07) is 14.2. The summed E-state index contributed by atoms with van der Waals surface area (Å²) in [4.78, 5) is 43.6. The van der Waals surface area contributed by atoms with Gasteiger partial charge in [0.15, 0.2) is 0 Å². The first kappa shape index (κ1) is 44.0. The van der Waals surface area contributed by atoms with Gasteiger partial charge in [0.1, 0.15) is 23.4 Å². The van der Waals surface area contributed by atoms with Crippen LogP contribution in [0.3, 0.4) is 0 Å². The Morgan fingerprint density at radius 2 is 1.61 bits per heavy atom. The minimum absolute atomic E-state index is 0. The highest BCUT2D eigenvalue weighted by molar-refractivity contribution is 5.87. The Hall–Kier alpha value is -4.45. The van der Waals surface area contributed by atoms with Crippen molar-refractivity contribution in [3.63, 3.8) is 0 Å². The van der Waals surface area contributed by atoms with Gasteiger partial charge in [-0.25, -0.2) is 14.8 Å². The summed E-state index contributed by atoms with van der Waals surface area (Å²) in [5.74, 6) is 13.9. The van der Waals surface area contributed by atoms with E-state index in [1.54, 1.807) is 6.20 Å². The van der Waals surface area contributed by atoms with E-state index in [1.807, 2.05) is 37.1 Å². The van der Waals surface area contributed by atoms with Crippen LogP contribution in [0.5, 0.6) is 0 Å². The van der Waals surface area contributed by atoms with Gasteiger partial charge in [0.2, 0.25) is 5.91 Å². The fourth-order valence-electron chi connectivity index (χ4n) is 6.75. The molecule has 4 aromatic rings. The molecule has 2 aliphatic rings. The van der Waals surface area contributed by atoms with E-state index in [2.05, 4.69) is 100 Å². The molecule has 2 amide bonds. The van der Waals surface area contributed by atoms with Crippen LogP contribution in [0.4, 0.5) is 4.79 Å². The van der Waals surface area contributed by atoms with E-state index in [1.165, 1.54) is 12.7 Å². The van der Waals surface area contributed by atoms with Crippen molar-refractivity contribution in [3.8, 4) is 46.1 Å². The van der Waals surface area contributed by atoms with Gasteiger partial charge in [0, 0.05) is 17.7 Å². The number of aromatic amines is 2. The first-order chi connectivity index (χ1) is 24.5. The van der Waals surface area contributed by atoms with E-state index in [9.17, 15) is 9.59 Å². The van der Waals surface area contributed by atoms with Crippen molar-refractivity contribution >= 4 is 49.2 Å². The largest absolute Gasteiger partial charge is 0.453 e. The number of hydrogen-bond acceptors (Lipinski definition) is 6. The van der Waals surface area contributed by atoms with Crippen molar-refractivity contribution in [1.82, 2.24) is 35.5 Å². The number of carbonyl (C=O) groups excluding carboxylic acids is 2. The average Bonchev–Trinajstić information content (AvgIpc) is 3.95. The summed E-state index contributed by atoms with van der Waals surface area (Å²) in [5, 5.41) is 6.17. The van der Waals surface area contributed by atoms with E-state index in [0.717, 1.165) is 77.5 Å². The normalized spacial score (nSPS) is 16.8. The van der Waals surface area contributed by atoms with Crippen LogP contribution in [0.1, 0.15) is 101 Å². The third-order valence-electron chi connectivity index (χ3n) is 9.67. The van der Waals surface area contributed by atoms with Gasteiger partial charge in [-0.15, -0.1) is 37.2 Å². The summed E-state index contributed by atoms with van der Waals surface area (Å²) < 4.78 is 4.78. The molecule has 0 saturated carbocycles. The molecule has 0 spiro atoms. The molecule has 54 heavy (non-hydrogen) atoms. The molecule has 10 nitrogen and oxygen atoms in total. The molecule has 6 rings (SSSR count). The van der Waals surface area contributed by atoms with Crippen molar-refractivity contribution in [2.75, 3.05) is 20.2 Å². The third kappa shape index (κ3) is 10.2. The summed E-state index contributed by atoms with van der Waals surface area (Å²) in [6.45, 7) is 12.0. The first-order valence-corrected chi connectivity index (χ1v) is 17.8. The molecule has 2 aliphatic heterocycles. The maximum Gasteiger partial charge on any atom is 0.407 e. The molecular formula is C41H50Cl3N7O3. The predicted molar refractivity (Wildman–Crippen MR) is 220 cm³/mol. The number of amides is 2. The number of halogens is 3. The molecule has 2 aromatic heterocycles. The summed E-state index contributed by atoms with van der Waals surface area (Å²) in [7, 11) is 1.30. The fourth-order valence-corrected chi connectivity index (χ4v) is 6.75. The fraction of sp³-hybridized carbons (Fsp3) is 0.415. The molecule has 4 N–H and O–H groups in total. The van der Waals surface area contributed by atoms with E-state index in [4.69, 9.17) is 9.72 Å². The minimum Gasteiger partial charge on any atom is -0.453 e. The molecule has 0 bridgehead atoms. The minimum atomic E-state index is -0.691. The Kier molecular flexibility index (Phi) is 15.7. The second kappa shape index (κ2) is 19.2. The molecule has 4 heterocycles. The van der Waals surface area contributed by atoms with Crippen LogP contribution >= 0.6 is 37.2 Å². The van der Waals surface area contributed by atoms with Crippen molar-refractivity contribution in [3.05, 3.63) is 83.3 Å². The number of rotatable bonds is 7. The molecule has 2 aromatic carbocycles. The number of nitrogens with one attached hydrogen (secondary N) is 4. The molecule has 0 aliphatic carbocycles. The molecule has 2 saturated heterocycles. The molecule has 0 unspecified atom stereocenters. The van der Waals surface area contributed by atoms with E-state index >= 15 is 0 Å². The number of methoxy groups -OCH3 is 1. The molecule has 0 radical (unpaired) electrons. The number of ether oxygens (including phenoxy) is 1. The number of nitrogens with zero attached hydrogens (tertiary/aromatic N) is 3. The second-order valence-corrected chi connectivity index (χ2v) is 14.6. The zero-order valence-electron chi connectivity index (χ0n) is 31.5. The van der Waals surface area contributed by atoms with Crippen LogP contribution in [0, 0.1) is 29.6 Å². The van der Waals surface area contributed by atoms with Crippen molar-refractivity contribution < 1.29 is 14.3 Å². The van der Waals surface area contributed by atoms with Crippen LogP contribution in [0.15, 0.2) is 54.9 Å². The maximum absolute atomic E-state index is 13.7. The lowest BCUT2D eigenvalue weighted by Gasteiger charge is -2.30. The summed E-state index contributed by atoms with van der Waals surface area (Å²) in [6.07, 6.45) is 6.81. The van der Waals surface area contributed by atoms with E-state index < -0.39 is 12.1 Å². The van der Waals surface area contributed by atoms with E-state index in [-0.39, 0.29) is 66.5 Å². The standard InChI is InChI=1S/C41H47N7O3.3ClH/c1-26(2)36(47-40(50)51-6)39(49)48-22-10-14-35(48)38-44-25-34(46-38)29-16-15-27(32(23-29)28-17-19-30(20-18-28)41(3,4)5)11-7-8-12-31-24-43-37(45-31)33-13-9-21-42-33;;;/h15-20,23-26,33,35-36,42H,9-10,13-14,21-22H2,1-6H3,(H,43,45)(H,44,46)(H,47,50);3*1H/t33-,35-,36-;;;/m0.../s1. The van der Waals surface area contributed by atoms with Crippen LogP contribution in [-0.4, -0.2) is 63.1 Å². The van der Waals surface area contributed by atoms with Gasteiger partial charge >= 0.3 is 6.09 Å². The van der Waals surface area contributed by atoms with Crippen LogP contribution in [0.2, 0.25) is 0 Å². The Morgan fingerprint density at radius 3 is 2.28 bits per heavy atom. The lowest BCUT2D eigenvalue weighted by Crippen LogP contribution is -2.51. The van der Waals surface area contributed by atoms with Crippen LogP contribution in [-0.2, 0) is 14.9 Å². The molecular weight excluding hydrogens is 745 g/mol. The van der Waals surface area contributed by atoms with Crippen molar-refractivity contribution in [1.29, 1.82) is 0 Å². The number of imidazole rings is 2. The number of likely N-dealkylation sites (tertiary alicyclic amines) is 1. The quantitative estimate of drug-likeness (QED) is 0.141. The first-order valence-electron chi connectivity index (χ1n) is 17.8. The Balaban J connectivity index is 0.00000261. The monoisotopic (exact) mass is 793 g/mol. The van der Waals surface area contributed by atoms with Gasteiger partial charge in [-0.05, 0) is 90.1 Å². The summed E-state index contributed by atoms with van der Waals surface area (Å²) >= 11 is 0. The van der Waals surface area contributed by atoms with Gasteiger partial charge in [-0.2, -0.15) is 0 Å². The van der Waals surface area contributed by atoms with Gasteiger partial charge in [0.25, 0.3) is 0 Å². The number of benzene rings is 2. The van der Waals surface area contributed by atoms with Gasteiger partial charge < -0.3 is 30.2 Å². The lowest BCUT2D eigenvalue weighted by atomic mass is 9.86. The Morgan fingerprint density at radius 1 is 0.907 bits per heavy atom. The SMILES string of the molecule is COC(=O)N[C@H](C(=O)N1CCC[C@H]1c1ncc(-c2ccc(C#CC#Cc3cnc([C@@H]4CCCN4)[nH]3)c(-c3ccc(C(C)(C)C)cc3)c2)[nH]1)C(C)C.Cl.Cl.Cl.